The summed E-state index contributed by atoms with van der Waals surface area (Å²) in [5.74, 6) is 1.72. The van der Waals surface area contributed by atoms with Gasteiger partial charge in [0.05, 0.1) is 6.61 Å². The smallest absolute Gasteiger partial charge is 0.189 e. The highest BCUT2D eigenvalue weighted by Crippen LogP contribution is 2.28. The van der Waals surface area contributed by atoms with Gasteiger partial charge in [0.15, 0.2) is 6.79 Å². The number of hydrogen-bond donors (Lipinski definition) is 1. The van der Waals surface area contributed by atoms with Gasteiger partial charge in [-0.05, 0) is 44.7 Å². The molecule has 1 aromatic carbocycles. The monoisotopic (exact) mass is 263 g/mol. The maximum Gasteiger partial charge on any atom is 0.189 e. The zero-order valence-electron chi connectivity index (χ0n) is 12.1. The van der Waals surface area contributed by atoms with Crippen LogP contribution in [0.1, 0.15) is 37.3 Å². The maximum atomic E-state index is 5.74. The van der Waals surface area contributed by atoms with E-state index in [1.807, 2.05) is 6.07 Å². The molecular formula is C16H25NO2. The Balaban J connectivity index is 1.81. The fourth-order valence-electron chi connectivity index (χ4n) is 1.99. The van der Waals surface area contributed by atoms with Gasteiger partial charge >= 0.3 is 0 Å². The van der Waals surface area contributed by atoms with Crippen LogP contribution in [-0.2, 0) is 11.3 Å². The van der Waals surface area contributed by atoms with Crippen molar-refractivity contribution in [2.45, 2.75) is 39.7 Å². The molecule has 106 valence electrons. The van der Waals surface area contributed by atoms with Crippen molar-refractivity contribution >= 4 is 0 Å². The molecule has 0 amide bonds. The van der Waals surface area contributed by atoms with Gasteiger partial charge in [-0.3, -0.25) is 0 Å². The highest BCUT2D eigenvalue weighted by atomic mass is 16.7. The van der Waals surface area contributed by atoms with Crippen molar-refractivity contribution in [3.63, 3.8) is 0 Å². The molecule has 0 unspecified atom stereocenters. The highest BCUT2D eigenvalue weighted by molar-refractivity contribution is 5.36. The molecule has 1 aliphatic rings. The minimum absolute atomic E-state index is 0.361. The van der Waals surface area contributed by atoms with E-state index in [2.05, 4.69) is 31.3 Å². The lowest BCUT2D eigenvalue weighted by Gasteiger charge is -2.13. The Labute approximate surface area is 116 Å². The van der Waals surface area contributed by atoms with Crippen molar-refractivity contribution < 1.29 is 9.47 Å². The lowest BCUT2D eigenvalue weighted by Crippen LogP contribution is -2.15. The molecular weight excluding hydrogens is 238 g/mol. The molecule has 0 heterocycles. The van der Waals surface area contributed by atoms with Gasteiger partial charge in [0, 0.05) is 12.1 Å². The molecule has 19 heavy (non-hydrogen) atoms. The quantitative estimate of drug-likeness (QED) is 0.548. The molecule has 0 radical (unpaired) electrons. The summed E-state index contributed by atoms with van der Waals surface area (Å²) in [6, 6.07) is 6.30. The van der Waals surface area contributed by atoms with Gasteiger partial charge < -0.3 is 14.8 Å². The predicted molar refractivity (Wildman–Crippen MR) is 77.3 cm³/mol. The molecule has 0 spiro atoms. The van der Waals surface area contributed by atoms with Crippen molar-refractivity contribution in [1.82, 2.24) is 5.32 Å². The van der Waals surface area contributed by atoms with Crippen LogP contribution in [0.4, 0.5) is 0 Å². The first-order valence-electron chi connectivity index (χ1n) is 7.30. The van der Waals surface area contributed by atoms with Crippen LogP contribution in [-0.4, -0.2) is 19.9 Å². The SMILES string of the molecule is CCCNCc1cc(C)ccc1OCOCC1CC1. The van der Waals surface area contributed by atoms with Crippen LogP contribution in [0.15, 0.2) is 18.2 Å². The molecule has 3 heteroatoms. The Morgan fingerprint density at radius 2 is 2.16 bits per heavy atom. The topological polar surface area (TPSA) is 30.5 Å². The average molecular weight is 263 g/mol. The Bertz CT molecular complexity index is 388. The summed E-state index contributed by atoms with van der Waals surface area (Å²) in [4.78, 5) is 0. The van der Waals surface area contributed by atoms with E-state index in [-0.39, 0.29) is 0 Å². The average Bonchev–Trinajstić information content (AvgIpc) is 3.21. The van der Waals surface area contributed by atoms with E-state index in [4.69, 9.17) is 9.47 Å². The second-order valence-electron chi connectivity index (χ2n) is 5.36. The van der Waals surface area contributed by atoms with Gasteiger partial charge in [-0.15, -0.1) is 0 Å². The summed E-state index contributed by atoms with van der Waals surface area (Å²) in [6.45, 7) is 7.37. The van der Waals surface area contributed by atoms with Crippen LogP contribution < -0.4 is 10.1 Å². The van der Waals surface area contributed by atoms with Gasteiger partial charge in [0.2, 0.25) is 0 Å². The van der Waals surface area contributed by atoms with E-state index < -0.39 is 0 Å². The molecule has 0 bridgehead atoms. The molecule has 3 nitrogen and oxygen atoms in total. The molecule has 1 aromatic rings. The van der Waals surface area contributed by atoms with E-state index in [9.17, 15) is 0 Å². The summed E-state index contributed by atoms with van der Waals surface area (Å²) in [7, 11) is 0. The lowest BCUT2D eigenvalue weighted by atomic mass is 10.1. The summed E-state index contributed by atoms with van der Waals surface area (Å²) >= 11 is 0. The Kier molecular flexibility index (Phi) is 5.67. The van der Waals surface area contributed by atoms with E-state index >= 15 is 0 Å². The zero-order valence-corrected chi connectivity index (χ0v) is 12.1. The number of aryl methyl sites for hydroxylation is 1. The van der Waals surface area contributed by atoms with Crippen LogP contribution in [0.3, 0.4) is 0 Å². The lowest BCUT2D eigenvalue weighted by molar-refractivity contribution is 0.00941. The third-order valence-corrected chi connectivity index (χ3v) is 3.31. The van der Waals surface area contributed by atoms with Gasteiger partial charge in [-0.25, -0.2) is 0 Å². The van der Waals surface area contributed by atoms with E-state index in [1.165, 1.54) is 24.0 Å². The summed E-state index contributed by atoms with van der Waals surface area (Å²) in [5.41, 5.74) is 2.48. The van der Waals surface area contributed by atoms with Gasteiger partial charge in [-0.2, -0.15) is 0 Å². The standard InChI is InChI=1S/C16H25NO2/c1-3-8-17-10-15-9-13(2)4-7-16(15)19-12-18-11-14-5-6-14/h4,7,9,14,17H,3,5-6,8,10-12H2,1-2H3. The molecule has 2 rings (SSSR count). The fourth-order valence-corrected chi connectivity index (χ4v) is 1.99. The number of ether oxygens (including phenoxy) is 2. The van der Waals surface area contributed by atoms with Crippen LogP contribution in [0.2, 0.25) is 0 Å². The molecule has 0 aromatic heterocycles. The van der Waals surface area contributed by atoms with Crippen LogP contribution in [0.25, 0.3) is 0 Å². The van der Waals surface area contributed by atoms with Crippen LogP contribution in [0.5, 0.6) is 5.75 Å². The molecule has 0 saturated heterocycles. The number of benzene rings is 1. The van der Waals surface area contributed by atoms with Crippen molar-refractivity contribution in [1.29, 1.82) is 0 Å². The molecule has 0 aliphatic heterocycles. The van der Waals surface area contributed by atoms with Crippen LogP contribution >= 0.6 is 0 Å². The van der Waals surface area contributed by atoms with Gasteiger partial charge in [0.25, 0.3) is 0 Å². The molecule has 1 saturated carbocycles. The Morgan fingerprint density at radius 3 is 2.89 bits per heavy atom. The van der Waals surface area contributed by atoms with Crippen molar-refractivity contribution in [3.8, 4) is 5.75 Å². The predicted octanol–water partition coefficient (Wildman–Crippen LogP) is 3.26. The van der Waals surface area contributed by atoms with Crippen molar-refractivity contribution in [3.05, 3.63) is 29.3 Å². The normalized spacial score (nSPS) is 14.6. The Morgan fingerprint density at radius 1 is 1.32 bits per heavy atom. The third kappa shape index (κ3) is 5.21. The van der Waals surface area contributed by atoms with Crippen molar-refractivity contribution in [2.75, 3.05) is 19.9 Å². The molecule has 1 aliphatic carbocycles. The highest BCUT2D eigenvalue weighted by Gasteiger charge is 2.21. The Hall–Kier alpha value is -1.06. The molecule has 1 fully saturated rings. The van der Waals surface area contributed by atoms with E-state index in [0.717, 1.165) is 37.8 Å². The van der Waals surface area contributed by atoms with Gasteiger partial charge in [0.1, 0.15) is 5.75 Å². The number of rotatable bonds is 9. The summed E-state index contributed by atoms with van der Waals surface area (Å²) in [6.07, 6.45) is 3.78. The van der Waals surface area contributed by atoms with Crippen LogP contribution in [0, 0.1) is 12.8 Å². The minimum atomic E-state index is 0.361. The maximum absolute atomic E-state index is 5.74. The molecule has 0 atom stereocenters. The van der Waals surface area contributed by atoms with E-state index in [0.29, 0.717) is 6.79 Å². The van der Waals surface area contributed by atoms with Crippen molar-refractivity contribution in [2.24, 2.45) is 5.92 Å². The second-order valence-corrected chi connectivity index (χ2v) is 5.36. The number of nitrogens with one attached hydrogen (secondary N) is 1. The second kappa shape index (κ2) is 7.51. The van der Waals surface area contributed by atoms with Gasteiger partial charge in [-0.1, -0.05) is 24.6 Å². The number of hydrogen-bond acceptors (Lipinski definition) is 3. The largest absolute Gasteiger partial charge is 0.467 e. The fraction of sp³-hybridized carbons (Fsp3) is 0.625. The first-order valence-corrected chi connectivity index (χ1v) is 7.30. The summed E-state index contributed by atoms with van der Waals surface area (Å²) < 4.78 is 11.3. The first-order chi connectivity index (χ1) is 9.29. The minimum Gasteiger partial charge on any atom is -0.467 e. The van der Waals surface area contributed by atoms with E-state index in [1.54, 1.807) is 0 Å². The third-order valence-electron chi connectivity index (χ3n) is 3.31. The molecule has 1 N–H and O–H groups in total. The summed E-state index contributed by atoms with van der Waals surface area (Å²) in [5, 5.41) is 3.42. The first kappa shape index (κ1) is 14.4. The zero-order chi connectivity index (χ0) is 13.5.